The van der Waals surface area contributed by atoms with Gasteiger partial charge in [-0.25, -0.2) is 0 Å². The summed E-state index contributed by atoms with van der Waals surface area (Å²) in [5.74, 6) is 1.60. The van der Waals surface area contributed by atoms with Crippen LogP contribution in [0.25, 0.3) is 0 Å². The number of likely N-dealkylation sites (tertiary alicyclic amines) is 1. The molecule has 2 rings (SSSR count). The molecule has 2 unspecified atom stereocenters. The third-order valence-corrected chi connectivity index (χ3v) is 2.39. The maximum atomic E-state index is 11.1. The Morgan fingerprint density at radius 3 is 2.89 bits per heavy atom. The average Bonchev–Trinajstić information content (AvgIpc) is 2.55. The third kappa shape index (κ3) is 0.590. The number of fused-ring (bicyclic) bond motifs is 1. The number of nitrogens with zero attached hydrogens (tertiary/aromatic N) is 1. The van der Waals surface area contributed by atoms with E-state index in [1.165, 1.54) is 6.42 Å². The second-order valence-corrected chi connectivity index (χ2v) is 2.98. The van der Waals surface area contributed by atoms with Gasteiger partial charge in [0.15, 0.2) is 0 Å². The zero-order chi connectivity index (χ0) is 6.43. The van der Waals surface area contributed by atoms with Gasteiger partial charge in [-0.05, 0) is 19.3 Å². The van der Waals surface area contributed by atoms with Gasteiger partial charge in [0.25, 0.3) is 0 Å². The molecule has 1 saturated carbocycles. The summed E-state index contributed by atoms with van der Waals surface area (Å²) in [6.07, 6.45) is 1.18. The van der Waals surface area contributed by atoms with E-state index in [2.05, 4.69) is 0 Å². The van der Waals surface area contributed by atoms with E-state index in [4.69, 9.17) is 0 Å². The number of carbonyl (C=O) groups excluding carboxylic acids is 1. The van der Waals surface area contributed by atoms with E-state index in [0.717, 1.165) is 19.0 Å². The van der Waals surface area contributed by atoms with Gasteiger partial charge < -0.3 is 4.90 Å². The van der Waals surface area contributed by atoms with Gasteiger partial charge in [-0.15, -0.1) is 0 Å². The van der Waals surface area contributed by atoms with Crippen LogP contribution >= 0.6 is 0 Å². The van der Waals surface area contributed by atoms with Crippen LogP contribution in [0.1, 0.15) is 13.3 Å². The highest BCUT2D eigenvalue weighted by Gasteiger charge is 2.51. The molecule has 2 nitrogen and oxygen atoms in total. The number of carbonyl (C=O) groups is 1. The largest absolute Gasteiger partial charge is 0.342 e. The van der Waals surface area contributed by atoms with Crippen molar-refractivity contribution in [1.29, 1.82) is 0 Å². The van der Waals surface area contributed by atoms with E-state index >= 15 is 0 Å². The first kappa shape index (κ1) is 5.27. The molecule has 2 heteroatoms. The highest BCUT2D eigenvalue weighted by molar-refractivity contribution is 5.84. The van der Waals surface area contributed by atoms with Crippen LogP contribution in [-0.4, -0.2) is 23.9 Å². The highest BCUT2D eigenvalue weighted by atomic mass is 16.2. The Balaban J connectivity index is 2.08. The summed E-state index contributed by atoms with van der Waals surface area (Å²) in [5, 5.41) is 0. The molecule has 2 aliphatic rings. The zero-order valence-corrected chi connectivity index (χ0v) is 5.63. The van der Waals surface area contributed by atoms with Crippen LogP contribution in [0.15, 0.2) is 0 Å². The van der Waals surface area contributed by atoms with E-state index < -0.39 is 0 Å². The van der Waals surface area contributed by atoms with Gasteiger partial charge in [0.1, 0.15) is 0 Å². The summed E-state index contributed by atoms with van der Waals surface area (Å²) >= 11 is 0. The lowest BCUT2D eigenvalue weighted by Crippen LogP contribution is -2.27. The fourth-order valence-electron chi connectivity index (χ4n) is 1.64. The lowest BCUT2D eigenvalue weighted by atomic mass is 10.4. The van der Waals surface area contributed by atoms with Crippen LogP contribution in [0.4, 0.5) is 0 Å². The number of rotatable bonds is 1. The first-order valence-electron chi connectivity index (χ1n) is 3.61. The van der Waals surface area contributed by atoms with Crippen molar-refractivity contribution in [1.82, 2.24) is 4.90 Å². The highest BCUT2D eigenvalue weighted by Crippen LogP contribution is 2.45. The SMILES string of the molecule is CCN1CC2CC2C1=O. The molecule has 0 aromatic rings. The average molecular weight is 125 g/mol. The van der Waals surface area contributed by atoms with Crippen molar-refractivity contribution in [3.05, 3.63) is 0 Å². The zero-order valence-electron chi connectivity index (χ0n) is 5.63. The second-order valence-electron chi connectivity index (χ2n) is 2.98. The minimum atomic E-state index is 0.405. The molecule has 0 radical (unpaired) electrons. The minimum Gasteiger partial charge on any atom is -0.342 e. The van der Waals surface area contributed by atoms with E-state index in [-0.39, 0.29) is 0 Å². The molecule has 1 heterocycles. The van der Waals surface area contributed by atoms with Crippen LogP contribution in [0.3, 0.4) is 0 Å². The Kier molecular flexibility index (Phi) is 0.875. The second kappa shape index (κ2) is 1.49. The lowest BCUT2D eigenvalue weighted by molar-refractivity contribution is -0.129. The Morgan fingerprint density at radius 1 is 1.78 bits per heavy atom. The first-order valence-corrected chi connectivity index (χ1v) is 3.61. The number of hydrogen-bond acceptors (Lipinski definition) is 1. The molecule has 0 aromatic heterocycles. The van der Waals surface area contributed by atoms with Crippen LogP contribution in [0, 0.1) is 11.8 Å². The monoisotopic (exact) mass is 125 g/mol. The molecule has 9 heavy (non-hydrogen) atoms. The Labute approximate surface area is 54.8 Å². The standard InChI is InChI=1S/C7H11NO/c1-2-8-4-5-3-6(5)7(8)9/h5-6H,2-4H2,1H3. The van der Waals surface area contributed by atoms with E-state index in [9.17, 15) is 4.79 Å². The Hall–Kier alpha value is -0.530. The van der Waals surface area contributed by atoms with E-state index in [0.29, 0.717) is 11.8 Å². The molecule has 50 valence electrons. The fourth-order valence-corrected chi connectivity index (χ4v) is 1.64. The molecule has 0 bridgehead atoms. The smallest absolute Gasteiger partial charge is 0.226 e. The molecular weight excluding hydrogens is 114 g/mol. The molecule has 0 spiro atoms. The normalized spacial score (nSPS) is 39.2. The Bertz CT molecular complexity index is 155. The van der Waals surface area contributed by atoms with Crippen LogP contribution in [0.5, 0.6) is 0 Å². The molecule has 2 atom stereocenters. The van der Waals surface area contributed by atoms with Gasteiger partial charge in [0, 0.05) is 19.0 Å². The molecule has 1 aliphatic carbocycles. The van der Waals surface area contributed by atoms with Crippen molar-refractivity contribution in [2.45, 2.75) is 13.3 Å². The molecule has 1 saturated heterocycles. The van der Waals surface area contributed by atoms with Gasteiger partial charge in [0.2, 0.25) is 5.91 Å². The molecule has 1 amide bonds. The molecule has 1 aliphatic heterocycles. The summed E-state index contributed by atoms with van der Waals surface area (Å²) in [5.41, 5.74) is 0. The predicted octanol–water partition coefficient (Wildman–Crippen LogP) is 0.485. The van der Waals surface area contributed by atoms with Crippen molar-refractivity contribution in [2.24, 2.45) is 11.8 Å². The van der Waals surface area contributed by atoms with Gasteiger partial charge >= 0.3 is 0 Å². The summed E-state index contributed by atoms with van der Waals surface area (Å²) in [6.45, 7) is 3.99. The van der Waals surface area contributed by atoms with Gasteiger partial charge in [-0.2, -0.15) is 0 Å². The topological polar surface area (TPSA) is 20.3 Å². The Morgan fingerprint density at radius 2 is 2.56 bits per heavy atom. The number of amides is 1. The van der Waals surface area contributed by atoms with Crippen molar-refractivity contribution in [3.63, 3.8) is 0 Å². The van der Waals surface area contributed by atoms with Crippen LogP contribution in [-0.2, 0) is 4.79 Å². The molecule has 0 N–H and O–H groups in total. The summed E-state index contributed by atoms with van der Waals surface area (Å²) in [4.78, 5) is 13.1. The lowest BCUT2D eigenvalue weighted by Gasteiger charge is -2.14. The van der Waals surface area contributed by atoms with Gasteiger partial charge in [-0.1, -0.05) is 0 Å². The van der Waals surface area contributed by atoms with E-state index in [1.807, 2.05) is 11.8 Å². The fraction of sp³-hybridized carbons (Fsp3) is 0.857. The quantitative estimate of drug-likeness (QED) is 0.499. The summed E-state index contributed by atoms with van der Waals surface area (Å²) < 4.78 is 0. The predicted molar refractivity (Wildman–Crippen MR) is 33.9 cm³/mol. The third-order valence-electron chi connectivity index (χ3n) is 2.39. The maximum Gasteiger partial charge on any atom is 0.226 e. The first-order chi connectivity index (χ1) is 4.33. The van der Waals surface area contributed by atoms with Crippen LogP contribution in [0.2, 0.25) is 0 Å². The van der Waals surface area contributed by atoms with Crippen LogP contribution < -0.4 is 0 Å². The van der Waals surface area contributed by atoms with E-state index in [1.54, 1.807) is 0 Å². The van der Waals surface area contributed by atoms with Crippen molar-refractivity contribution in [3.8, 4) is 0 Å². The molecule has 2 fully saturated rings. The molecular formula is C7H11NO. The molecule has 0 aromatic carbocycles. The van der Waals surface area contributed by atoms with Crippen molar-refractivity contribution >= 4 is 5.91 Å². The van der Waals surface area contributed by atoms with Gasteiger partial charge in [0.05, 0.1) is 0 Å². The summed E-state index contributed by atoms with van der Waals surface area (Å²) in [6, 6.07) is 0. The minimum absolute atomic E-state index is 0.405. The maximum absolute atomic E-state index is 11.1. The van der Waals surface area contributed by atoms with Crippen molar-refractivity contribution in [2.75, 3.05) is 13.1 Å². The van der Waals surface area contributed by atoms with Crippen molar-refractivity contribution < 1.29 is 4.79 Å². The van der Waals surface area contributed by atoms with Gasteiger partial charge in [-0.3, -0.25) is 4.79 Å². The number of hydrogen-bond donors (Lipinski definition) is 0. The summed E-state index contributed by atoms with van der Waals surface area (Å²) in [7, 11) is 0. The number of piperidine rings is 1.